The molecule has 0 bridgehead atoms. The molecular weight excluding hydrogens is 453 g/mol. The van der Waals surface area contributed by atoms with Crippen molar-refractivity contribution in [2.75, 3.05) is 6.61 Å². The van der Waals surface area contributed by atoms with E-state index in [2.05, 4.69) is 15.1 Å². The van der Waals surface area contributed by atoms with E-state index in [-0.39, 0.29) is 45.1 Å². The highest BCUT2D eigenvalue weighted by molar-refractivity contribution is 5.87. The summed E-state index contributed by atoms with van der Waals surface area (Å²) in [6.45, 7) is 1.06. The lowest BCUT2D eigenvalue weighted by Gasteiger charge is -2.18. The first-order valence-electron chi connectivity index (χ1n) is 9.90. The number of imidazole rings is 1. The average Bonchev–Trinajstić information content (AvgIpc) is 3.46. The average molecular weight is 466 g/mol. The lowest BCUT2D eigenvalue weighted by Crippen LogP contribution is -2.28. The Kier molecular flexibility index (Phi) is 4.91. The molecule has 170 valence electrons. The molecule has 2 aromatic carbocycles. The smallest absolute Gasteiger partial charge is 0.278 e. The number of fused-ring (bicyclic) bond motifs is 3. The fourth-order valence-electron chi connectivity index (χ4n) is 3.81. The molecule has 3 aromatic heterocycles. The zero-order valence-corrected chi connectivity index (χ0v) is 17.3. The number of aromatic nitrogens is 5. The molecule has 9 nitrogen and oxygen atoms in total. The highest BCUT2D eigenvalue weighted by atomic mass is 19.1. The van der Waals surface area contributed by atoms with Crippen LogP contribution in [-0.4, -0.2) is 35.8 Å². The number of nitriles is 1. The Morgan fingerprint density at radius 3 is 2.68 bits per heavy atom. The number of aliphatic hydroxyl groups excluding tert-OH is 1. The fourth-order valence-corrected chi connectivity index (χ4v) is 3.81. The molecule has 1 unspecified atom stereocenters. The van der Waals surface area contributed by atoms with Gasteiger partial charge in [-0.3, -0.25) is 13.8 Å². The quantitative estimate of drug-likeness (QED) is 0.432. The van der Waals surface area contributed by atoms with E-state index in [9.17, 15) is 28.3 Å². The van der Waals surface area contributed by atoms with Crippen LogP contribution >= 0.6 is 0 Å². The van der Waals surface area contributed by atoms with Gasteiger partial charge in [-0.25, -0.2) is 18.2 Å². The first-order valence-corrected chi connectivity index (χ1v) is 9.90. The Balaban J connectivity index is 1.80. The van der Waals surface area contributed by atoms with Gasteiger partial charge >= 0.3 is 0 Å². The molecule has 0 amide bonds. The van der Waals surface area contributed by atoms with E-state index in [1.165, 1.54) is 23.7 Å². The zero-order valence-electron chi connectivity index (χ0n) is 17.3. The maximum Gasteiger partial charge on any atom is 0.278 e. The molecule has 3 heterocycles. The Morgan fingerprint density at radius 2 is 1.97 bits per heavy atom. The van der Waals surface area contributed by atoms with Crippen LogP contribution in [0, 0.1) is 28.8 Å². The fraction of sp³-hybridized carbons (Fsp3) is 0.136. The number of benzene rings is 2. The molecule has 0 radical (unpaired) electrons. The summed E-state index contributed by atoms with van der Waals surface area (Å²) in [6.07, 6.45) is 1.27. The zero-order chi connectivity index (χ0) is 24.1. The Hall–Kier alpha value is -4.50. The molecule has 0 fully saturated rings. The molecule has 1 N–H and O–H groups in total. The minimum atomic E-state index is -0.916. The van der Waals surface area contributed by atoms with Gasteiger partial charge in [0.05, 0.1) is 29.2 Å². The number of aliphatic hydroxyl groups is 1. The highest BCUT2D eigenvalue weighted by Crippen LogP contribution is 2.29. The van der Waals surface area contributed by atoms with Crippen molar-refractivity contribution in [2.45, 2.75) is 13.0 Å². The molecule has 0 aliphatic heterocycles. The van der Waals surface area contributed by atoms with Crippen molar-refractivity contribution < 1.29 is 22.8 Å². The summed E-state index contributed by atoms with van der Waals surface area (Å²) >= 11 is 0. The van der Waals surface area contributed by atoms with Crippen LogP contribution in [-0.2, 0) is 0 Å². The molecule has 0 saturated carbocycles. The van der Waals surface area contributed by atoms with E-state index in [1.807, 2.05) is 0 Å². The van der Waals surface area contributed by atoms with Crippen molar-refractivity contribution in [3.8, 4) is 29.0 Å². The van der Waals surface area contributed by atoms with Crippen LogP contribution in [0.2, 0.25) is 0 Å². The molecule has 0 aliphatic rings. The van der Waals surface area contributed by atoms with Crippen molar-refractivity contribution in [3.05, 3.63) is 70.0 Å². The maximum atomic E-state index is 14.4. The van der Waals surface area contributed by atoms with Crippen molar-refractivity contribution >= 4 is 16.6 Å². The summed E-state index contributed by atoms with van der Waals surface area (Å²) in [5.41, 5.74) is -0.979. The summed E-state index contributed by atoms with van der Waals surface area (Å²) in [6, 6.07) is 6.24. The topological polar surface area (TPSA) is 122 Å². The first kappa shape index (κ1) is 21.4. The van der Waals surface area contributed by atoms with Gasteiger partial charge in [-0.15, -0.1) is 0 Å². The third-order valence-corrected chi connectivity index (χ3v) is 5.41. The molecule has 34 heavy (non-hydrogen) atoms. The summed E-state index contributed by atoms with van der Waals surface area (Å²) in [5, 5.41) is 23.0. The van der Waals surface area contributed by atoms with E-state index >= 15 is 0 Å². The Morgan fingerprint density at radius 1 is 1.18 bits per heavy atom. The predicted octanol–water partition coefficient (Wildman–Crippen LogP) is 3.21. The van der Waals surface area contributed by atoms with Gasteiger partial charge in [0.2, 0.25) is 5.82 Å². The van der Waals surface area contributed by atoms with Crippen molar-refractivity contribution in [2.24, 2.45) is 0 Å². The standard InChI is InChI=1S/C22H13F3N6O3/c1-10(8-32)31-18-13(7-26)14(24)4-5-16(18)30-9-27-17(19(30)22(31)33)20-28-21(34-29-20)12-3-2-11(23)6-15(12)25/h2-6,9-10,32H,8H2,1H3. The van der Waals surface area contributed by atoms with Gasteiger partial charge in [0, 0.05) is 6.07 Å². The van der Waals surface area contributed by atoms with Gasteiger partial charge in [-0.05, 0) is 31.2 Å². The molecular formula is C22H13F3N6O3. The lowest BCUT2D eigenvalue weighted by molar-refractivity contribution is 0.239. The second-order valence-corrected chi connectivity index (χ2v) is 7.47. The van der Waals surface area contributed by atoms with Crippen LogP contribution in [0.15, 0.2) is 46.0 Å². The Labute approximate surface area is 187 Å². The Bertz CT molecular complexity index is 1700. The predicted molar refractivity (Wildman–Crippen MR) is 112 cm³/mol. The summed E-state index contributed by atoms with van der Waals surface area (Å²) in [7, 11) is 0. The molecule has 1 atom stereocenters. The van der Waals surface area contributed by atoms with Gasteiger partial charge in [0.25, 0.3) is 11.4 Å². The summed E-state index contributed by atoms with van der Waals surface area (Å²) in [4.78, 5) is 21.8. The third kappa shape index (κ3) is 3.06. The van der Waals surface area contributed by atoms with E-state index in [0.29, 0.717) is 6.07 Å². The minimum Gasteiger partial charge on any atom is -0.394 e. The van der Waals surface area contributed by atoms with E-state index < -0.39 is 35.7 Å². The van der Waals surface area contributed by atoms with Crippen LogP contribution in [0.4, 0.5) is 13.2 Å². The number of hydrogen-bond acceptors (Lipinski definition) is 7. The molecule has 0 spiro atoms. The molecule has 5 aromatic rings. The molecule has 0 aliphatic carbocycles. The largest absolute Gasteiger partial charge is 0.394 e. The van der Waals surface area contributed by atoms with E-state index in [0.717, 1.165) is 22.8 Å². The van der Waals surface area contributed by atoms with Crippen molar-refractivity contribution in [3.63, 3.8) is 0 Å². The van der Waals surface area contributed by atoms with Gasteiger partial charge < -0.3 is 9.63 Å². The third-order valence-electron chi connectivity index (χ3n) is 5.41. The molecule has 12 heteroatoms. The monoisotopic (exact) mass is 466 g/mol. The van der Waals surface area contributed by atoms with Crippen molar-refractivity contribution in [1.82, 2.24) is 24.1 Å². The maximum absolute atomic E-state index is 14.4. The number of hydrogen-bond donors (Lipinski definition) is 1. The molecule has 0 saturated heterocycles. The van der Waals surface area contributed by atoms with Gasteiger partial charge in [-0.2, -0.15) is 10.2 Å². The lowest BCUT2D eigenvalue weighted by atomic mass is 10.1. The normalized spacial score (nSPS) is 12.4. The van der Waals surface area contributed by atoms with Crippen LogP contribution in [0.5, 0.6) is 0 Å². The summed E-state index contributed by atoms with van der Waals surface area (Å²) < 4.78 is 49.3. The molecule has 5 rings (SSSR count). The minimum absolute atomic E-state index is 0.00677. The van der Waals surface area contributed by atoms with Crippen LogP contribution < -0.4 is 5.56 Å². The number of halogens is 3. The van der Waals surface area contributed by atoms with E-state index in [4.69, 9.17) is 4.52 Å². The van der Waals surface area contributed by atoms with Gasteiger partial charge in [-0.1, -0.05) is 5.16 Å². The second kappa shape index (κ2) is 7.82. The van der Waals surface area contributed by atoms with Crippen LogP contribution in [0.1, 0.15) is 18.5 Å². The number of nitrogens with zero attached hydrogens (tertiary/aromatic N) is 6. The number of rotatable bonds is 4. The highest BCUT2D eigenvalue weighted by Gasteiger charge is 2.25. The second-order valence-electron chi connectivity index (χ2n) is 7.47. The summed E-state index contributed by atoms with van der Waals surface area (Å²) in [5.74, 6) is -2.92. The van der Waals surface area contributed by atoms with E-state index in [1.54, 1.807) is 6.07 Å². The SMILES string of the molecule is CC(CO)n1c(=O)c2c(-c3noc(-c4ccc(F)cc4F)n3)ncn2c2ccc(F)c(C#N)c21. The van der Waals surface area contributed by atoms with Crippen LogP contribution in [0.3, 0.4) is 0 Å². The van der Waals surface area contributed by atoms with Gasteiger partial charge in [0.1, 0.15) is 46.6 Å². The van der Waals surface area contributed by atoms with Gasteiger partial charge in [0.15, 0.2) is 0 Å². The van der Waals surface area contributed by atoms with Crippen LogP contribution in [0.25, 0.3) is 39.5 Å². The first-order chi connectivity index (χ1) is 16.3. The van der Waals surface area contributed by atoms with Crippen molar-refractivity contribution in [1.29, 1.82) is 5.26 Å².